The van der Waals surface area contributed by atoms with Crippen molar-refractivity contribution in [2.75, 3.05) is 11.9 Å². The molecule has 2 unspecified atom stereocenters. The third-order valence-corrected chi connectivity index (χ3v) is 3.60. The first-order chi connectivity index (χ1) is 9.11. The number of hydrogen-bond donors (Lipinski definition) is 2. The Balaban J connectivity index is 2.11. The Morgan fingerprint density at radius 3 is 2.89 bits per heavy atom. The van der Waals surface area contributed by atoms with Crippen molar-refractivity contribution in [3.63, 3.8) is 0 Å². The van der Waals surface area contributed by atoms with Gasteiger partial charge in [-0.3, -0.25) is 4.79 Å². The van der Waals surface area contributed by atoms with Gasteiger partial charge in [0.1, 0.15) is 5.75 Å². The summed E-state index contributed by atoms with van der Waals surface area (Å²) in [6.45, 7) is 4.51. The molecule has 0 aromatic heterocycles. The average Bonchev–Trinajstić information content (AvgIpc) is 2.79. The molecule has 19 heavy (non-hydrogen) atoms. The molecule has 1 aliphatic carbocycles. The lowest BCUT2D eigenvalue weighted by Gasteiger charge is -2.17. The number of rotatable bonds is 4. The van der Waals surface area contributed by atoms with E-state index >= 15 is 0 Å². The van der Waals surface area contributed by atoms with Crippen LogP contribution >= 0.6 is 0 Å². The fraction of sp³-hybridized carbons (Fsp3) is 0.533. The summed E-state index contributed by atoms with van der Waals surface area (Å²) in [6, 6.07) is 5.78. The predicted molar refractivity (Wildman–Crippen MR) is 76.3 cm³/mol. The summed E-state index contributed by atoms with van der Waals surface area (Å²) in [5.74, 6) is 0.660. The number of nitrogens with one attached hydrogen (secondary N) is 1. The summed E-state index contributed by atoms with van der Waals surface area (Å²) in [5.41, 5.74) is 7.81. The first-order valence-corrected chi connectivity index (χ1v) is 6.91. The van der Waals surface area contributed by atoms with Gasteiger partial charge in [0, 0.05) is 6.04 Å². The quantitative estimate of drug-likeness (QED) is 0.876. The molecule has 1 aromatic rings. The second kappa shape index (κ2) is 6.06. The molecular formula is C15H22N2O2. The van der Waals surface area contributed by atoms with Gasteiger partial charge in [0.05, 0.1) is 18.2 Å². The fourth-order valence-electron chi connectivity index (χ4n) is 2.55. The predicted octanol–water partition coefficient (Wildman–Crippen LogP) is 2.46. The number of amides is 1. The molecule has 1 saturated carbocycles. The van der Waals surface area contributed by atoms with E-state index in [4.69, 9.17) is 10.5 Å². The van der Waals surface area contributed by atoms with Crippen molar-refractivity contribution < 1.29 is 9.53 Å². The minimum absolute atomic E-state index is 0.00908. The number of aryl methyl sites for hydroxylation is 1. The van der Waals surface area contributed by atoms with Gasteiger partial charge >= 0.3 is 0 Å². The highest BCUT2D eigenvalue weighted by Crippen LogP contribution is 2.29. The number of nitrogens with two attached hydrogens (primary N) is 1. The highest BCUT2D eigenvalue weighted by atomic mass is 16.5. The lowest BCUT2D eigenvalue weighted by molar-refractivity contribution is -0.120. The summed E-state index contributed by atoms with van der Waals surface area (Å²) in [5, 5.41) is 2.95. The van der Waals surface area contributed by atoms with Crippen molar-refractivity contribution in [2.24, 2.45) is 11.7 Å². The molecule has 0 saturated heterocycles. The minimum Gasteiger partial charge on any atom is -0.492 e. The fourth-order valence-corrected chi connectivity index (χ4v) is 2.55. The Bertz CT molecular complexity index is 459. The van der Waals surface area contributed by atoms with E-state index in [1.54, 1.807) is 0 Å². The first-order valence-electron chi connectivity index (χ1n) is 6.91. The largest absolute Gasteiger partial charge is 0.492 e. The molecule has 4 nitrogen and oxygen atoms in total. The Hall–Kier alpha value is -1.55. The molecule has 1 amide bonds. The van der Waals surface area contributed by atoms with Crippen molar-refractivity contribution in [1.82, 2.24) is 0 Å². The molecule has 104 valence electrons. The topological polar surface area (TPSA) is 64.3 Å². The van der Waals surface area contributed by atoms with Gasteiger partial charge in [-0.2, -0.15) is 0 Å². The van der Waals surface area contributed by atoms with Crippen LogP contribution in [-0.2, 0) is 4.79 Å². The number of ether oxygens (including phenoxy) is 1. The van der Waals surface area contributed by atoms with Gasteiger partial charge in [0.15, 0.2) is 0 Å². The zero-order valence-corrected chi connectivity index (χ0v) is 11.6. The monoisotopic (exact) mass is 262 g/mol. The molecule has 2 rings (SSSR count). The average molecular weight is 262 g/mol. The lowest BCUT2D eigenvalue weighted by Crippen LogP contribution is -2.34. The Labute approximate surface area is 114 Å². The summed E-state index contributed by atoms with van der Waals surface area (Å²) in [6.07, 6.45) is 2.85. The third-order valence-electron chi connectivity index (χ3n) is 3.60. The number of carbonyl (C=O) groups excluding carboxylic acids is 1. The van der Waals surface area contributed by atoms with Crippen molar-refractivity contribution >= 4 is 11.6 Å². The van der Waals surface area contributed by atoms with Crippen LogP contribution in [0.1, 0.15) is 31.7 Å². The van der Waals surface area contributed by atoms with Crippen LogP contribution in [0.3, 0.4) is 0 Å². The molecule has 0 heterocycles. The van der Waals surface area contributed by atoms with Gasteiger partial charge in [0.2, 0.25) is 5.91 Å². The van der Waals surface area contributed by atoms with Gasteiger partial charge in [-0.05, 0) is 44.4 Å². The maximum atomic E-state index is 12.2. The number of benzene rings is 1. The molecule has 0 bridgehead atoms. The zero-order chi connectivity index (χ0) is 13.8. The molecule has 2 atom stereocenters. The van der Waals surface area contributed by atoms with Crippen molar-refractivity contribution in [3.05, 3.63) is 23.8 Å². The van der Waals surface area contributed by atoms with Crippen LogP contribution in [0.2, 0.25) is 0 Å². The molecule has 0 spiro atoms. The number of hydrogen-bond acceptors (Lipinski definition) is 3. The molecule has 4 heteroatoms. The maximum Gasteiger partial charge on any atom is 0.229 e. The summed E-state index contributed by atoms with van der Waals surface area (Å²) in [7, 11) is 0. The molecule has 0 radical (unpaired) electrons. The molecule has 1 fully saturated rings. The van der Waals surface area contributed by atoms with Crippen LogP contribution in [0.15, 0.2) is 18.2 Å². The van der Waals surface area contributed by atoms with E-state index in [1.807, 2.05) is 32.0 Å². The number of anilines is 1. The van der Waals surface area contributed by atoms with Crippen LogP contribution in [0.4, 0.5) is 5.69 Å². The lowest BCUT2D eigenvalue weighted by atomic mass is 10.0. The van der Waals surface area contributed by atoms with E-state index in [0.717, 1.165) is 36.3 Å². The molecule has 3 N–H and O–H groups in total. The van der Waals surface area contributed by atoms with Gasteiger partial charge in [-0.15, -0.1) is 0 Å². The summed E-state index contributed by atoms with van der Waals surface area (Å²) < 4.78 is 5.56. The van der Waals surface area contributed by atoms with Crippen molar-refractivity contribution in [2.45, 2.75) is 39.2 Å². The standard InChI is InChI=1S/C15H22N2O2/c1-3-19-14-9-10(2)7-8-13(14)17-15(18)11-5-4-6-12(11)16/h7-9,11-12H,3-6,16H2,1-2H3,(H,17,18). The molecule has 0 aliphatic heterocycles. The third kappa shape index (κ3) is 3.26. The van der Waals surface area contributed by atoms with Crippen LogP contribution < -0.4 is 15.8 Å². The summed E-state index contributed by atoms with van der Waals surface area (Å²) in [4.78, 5) is 12.2. The second-order valence-electron chi connectivity index (χ2n) is 5.12. The maximum absolute atomic E-state index is 12.2. The van der Waals surface area contributed by atoms with E-state index in [1.165, 1.54) is 0 Å². The highest BCUT2D eigenvalue weighted by molar-refractivity contribution is 5.94. The second-order valence-corrected chi connectivity index (χ2v) is 5.12. The molecular weight excluding hydrogens is 240 g/mol. The zero-order valence-electron chi connectivity index (χ0n) is 11.6. The summed E-state index contributed by atoms with van der Waals surface area (Å²) >= 11 is 0. The van der Waals surface area contributed by atoms with Gasteiger partial charge < -0.3 is 15.8 Å². The Morgan fingerprint density at radius 2 is 2.26 bits per heavy atom. The van der Waals surface area contributed by atoms with Gasteiger partial charge in [-0.1, -0.05) is 12.5 Å². The van der Waals surface area contributed by atoms with E-state index in [0.29, 0.717) is 6.61 Å². The van der Waals surface area contributed by atoms with E-state index in [2.05, 4.69) is 5.32 Å². The van der Waals surface area contributed by atoms with Crippen molar-refractivity contribution in [3.8, 4) is 5.75 Å². The normalized spacial score (nSPS) is 22.3. The molecule has 1 aliphatic rings. The van der Waals surface area contributed by atoms with Gasteiger partial charge in [0.25, 0.3) is 0 Å². The molecule has 1 aromatic carbocycles. The van der Waals surface area contributed by atoms with E-state index in [9.17, 15) is 4.79 Å². The Morgan fingerprint density at radius 1 is 1.47 bits per heavy atom. The smallest absolute Gasteiger partial charge is 0.229 e. The van der Waals surface area contributed by atoms with Crippen LogP contribution in [0.5, 0.6) is 5.75 Å². The van der Waals surface area contributed by atoms with Crippen LogP contribution in [-0.4, -0.2) is 18.6 Å². The van der Waals surface area contributed by atoms with E-state index < -0.39 is 0 Å². The van der Waals surface area contributed by atoms with Gasteiger partial charge in [-0.25, -0.2) is 0 Å². The highest BCUT2D eigenvalue weighted by Gasteiger charge is 2.30. The van der Waals surface area contributed by atoms with Crippen molar-refractivity contribution in [1.29, 1.82) is 0 Å². The number of carbonyl (C=O) groups is 1. The van der Waals surface area contributed by atoms with E-state index in [-0.39, 0.29) is 17.9 Å². The first kappa shape index (κ1) is 13.9. The van der Waals surface area contributed by atoms with Crippen LogP contribution in [0.25, 0.3) is 0 Å². The SMILES string of the molecule is CCOc1cc(C)ccc1NC(=O)C1CCCC1N. The van der Waals surface area contributed by atoms with Crippen LogP contribution in [0, 0.1) is 12.8 Å². The Kier molecular flexibility index (Phi) is 4.43. The minimum atomic E-state index is -0.0734.